The van der Waals surface area contributed by atoms with Crippen molar-refractivity contribution in [1.29, 1.82) is 0 Å². The summed E-state index contributed by atoms with van der Waals surface area (Å²) in [6, 6.07) is 15.0. The van der Waals surface area contributed by atoms with Crippen LogP contribution in [0.25, 0.3) is 0 Å². The second-order valence-corrected chi connectivity index (χ2v) is 8.78. The van der Waals surface area contributed by atoms with Crippen LogP contribution >= 0.6 is 11.6 Å². The fourth-order valence-corrected chi connectivity index (χ4v) is 4.26. The van der Waals surface area contributed by atoms with Crippen LogP contribution in [0, 0.1) is 0 Å². The van der Waals surface area contributed by atoms with E-state index in [1.807, 2.05) is 0 Å². The molecule has 0 fully saturated rings. The number of para-hydroxylation sites is 2. The smallest absolute Gasteiger partial charge is 0.262 e. The van der Waals surface area contributed by atoms with Gasteiger partial charge in [0.05, 0.1) is 36.9 Å². The number of nitrogens with one attached hydrogen (secondary N) is 2. The Hall–Kier alpha value is -3.43. The van der Waals surface area contributed by atoms with Crippen LogP contribution in [0.4, 0.5) is 11.4 Å². The van der Waals surface area contributed by atoms with E-state index in [9.17, 15) is 18.3 Å². The van der Waals surface area contributed by atoms with Crippen molar-refractivity contribution in [3.05, 3.63) is 71.2 Å². The van der Waals surface area contributed by atoms with Crippen molar-refractivity contribution < 1.29 is 27.8 Å². The number of carbonyl (C=O) groups excluding carboxylic acids is 1. The van der Waals surface area contributed by atoms with E-state index < -0.39 is 15.9 Å². The van der Waals surface area contributed by atoms with Gasteiger partial charge in [-0.15, -0.1) is 0 Å². The fourth-order valence-electron chi connectivity index (χ4n) is 2.97. The summed E-state index contributed by atoms with van der Waals surface area (Å²) in [6.45, 7) is 0. The second-order valence-electron chi connectivity index (χ2n) is 6.67. The van der Waals surface area contributed by atoms with Crippen LogP contribution in [-0.4, -0.2) is 33.7 Å². The number of halogens is 1. The van der Waals surface area contributed by atoms with Crippen LogP contribution in [0.2, 0.25) is 5.02 Å². The molecule has 0 saturated carbocycles. The van der Waals surface area contributed by atoms with Crippen LogP contribution in [0.5, 0.6) is 17.2 Å². The number of anilines is 2. The van der Waals surface area contributed by atoms with Crippen molar-refractivity contribution in [1.82, 2.24) is 0 Å². The molecule has 0 unspecified atom stereocenters. The molecule has 0 radical (unpaired) electrons. The lowest BCUT2D eigenvalue weighted by molar-refractivity contribution is -0.115. The van der Waals surface area contributed by atoms with E-state index in [-0.39, 0.29) is 28.4 Å². The predicted molar refractivity (Wildman–Crippen MR) is 122 cm³/mol. The Morgan fingerprint density at radius 3 is 2.41 bits per heavy atom. The zero-order valence-corrected chi connectivity index (χ0v) is 18.8. The Kier molecular flexibility index (Phi) is 7.12. The van der Waals surface area contributed by atoms with Gasteiger partial charge in [-0.25, -0.2) is 8.42 Å². The van der Waals surface area contributed by atoms with Gasteiger partial charge in [0.1, 0.15) is 17.2 Å². The van der Waals surface area contributed by atoms with E-state index in [4.69, 9.17) is 21.1 Å². The van der Waals surface area contributed by atoms with Crippen molar-refractivity contribution >= 4 is 38.9 Å². The van der Waals surface area contributed by atoms with Gasteiger partial charge in [0.2, 0.25) is 5.91 Å². The molecule has 0 saturated heterocycles. The van der Waals surface area contributed by atoms with Gasteiger partial charge in [-0.05, 0) is 48.5 Å². The molecule has 3 aromatic carbocycles. The van der Waals surface area contributed by atoms with E-state index in [1.165, 1.54) is 32.4 Å². The summed E-state index contributed by atoms with van der Waals surface area (Å²) < 4.78 is 38.5. The molecule has 0 bridgehead atoms. The zero-order valence-electron chi connectivity index (χ0n) is 17.3. The van der Waals surface area contributed by atoms with Gasteiger partial charge >= 0.3 is 0 Å². The summed E-state index contributed by atoms with van der Waals surface area (Å²) in [4.78, 5) is 12.4. The summed E-state index contributed by atoms with van der Waals surface area (Å²) in [7, 11) is -1.13. The van der Waals surface area contributed by atoms with E-state index >= 15 is 0 Å². The molecule has 0 aliphatic carbocycles. The molecule has 32 heavy (non-hydrogen) atoms. The Balaban J connectivity index is 1.82. The second kappa shape index (κ2) is 9.80. The zero-order chi connectivity index (χ0) is 23.3. The van der Waals surface area contributed by atoms with Crippen LogP contribution < -0.4 is 19.5 Å². The normalized spacial score (nSPS) is 11.0. The maximum absolute atomic E-state index is 12.8. The third-order valence-corrected chi connectivity index (χ3v) is 6.10. The van der Waals surface area contributed by atoms with Gasteiger partial charge < -0.3 is 19.9 Å². The predicted octanol–water partition coefficient (Wildman–Crippen LogP) is 4.04. The van der Waals surface area contributed by atoms with E-state index in [1.54, 1.807) is 42.5 Å². The molecule has 3 rings (SSSR count). The van der Waals surface area contributed by atoms with Gasteiger partial charge in [0.25, 0.3) is 10.0 Å². The number of hydrogen-bond donors (Lipinski definition) is 3. The molecule has 0 heterocycles. The van der Waals surface area contributed by atoms with E-state index in [2.05, 4.69) is 10.0 Å². The first-order valence-electron chi connectivity index (χ1n) is 9.34. The molecular weight excluding hydrogens is 456 g/mol. The van der Waals surface area contributed by atoms with Gasteiger partial charge in [-0.2, -0.15) is 0 Å². The average molecular weight is 477 g/mol. The minimum Gasteiger partial charge on any atom is -0.506 e. The number of phenols is 1. The van der Waals surface area contributed by atoms with Crippen LogP contribution in [0.15, 0.2) is 65.6 Å². The maximum atomic E-state index is 12.8. The van der Waals surface area contributed by atoms with Crippen LogP contribution in [0.3, 0.4) is 0 Å². The van der Waals surface area contributed by atoms with Crippen molar-refractivity contribution in [3.8, 4) is 17.2 Å². The molecule has 168 valence electrons. The summed E-state index contributed by atoms with van der Waals surface area (Å²) in [5, 5.41) is 13.1. The number of benzene rings is 3. The number of rotatable bonds is 8. The van der Waals surface area contributed by atoms with Crippen molar-refractivity contribution in [2.24, 2.45) is 0 Å². The Labute approximate surface area is 190 Å². The van der Waals surface area contributed by atoms with Crippen LogP contribution in [-0.2, 0) is 21.2 Å². The minimum atomic E-state index is -4.03. The molecule has 3 N–H and O–H groups in total. The molecule has 0 atom stereocenters. The number of methoxy groups -OCH3 is 2. The highest BCUT2D eigenvalue weighted by Gasteiger charge is 2.19. The molecular formula is C22H21ClN2O6S. The summed E-state index contributed by atoms with van der Waals surface area (Å²) >= 11 is 5.99. The summed E-state index contributed by atoms with van der Waals surface area (Å²) in [5.74, 6) is 0.0470. The van der Waals surface area contributed by atoms with Gasteiger partial charge in [0.15, 0.2) is 0 Å². The molecule has 1 amide bonds. The average Bonchev–Trinajstić information content (AvgIpc) is 2.75. The largest absolute Gasteiger partial charge is 0.506 e. The highest BCUT2D eigenvalue weighted by Crippen LogP contribution is 2.30. The molecule has 3 aromatic rings. The Morgan fingerprint density at radius 2 is 1.69 bits per heavy atom. The molecule has 8 nitrogen and oxygen atoms in total. The number of aromatic hydroxyl groups is 1. The van der Waals surface area contributed by atoms with E-state index in [0.717, 1.165) is 0 Å². The van der Waals surface area contributed by atoms with Crippen molar-refractivity contribution in [3.63, 3.8) is 0 Å². The van der Waals surface area contributed by atoms with Crippen molar-refractivity contribution in [2.75, 3.05) is 24.3 Å². The van der Waals surface area contributed by atoms with Crippen molar-refractivity contribution in [2.45, 2.75) is 11.3 Å². The van der Waals surface area contributed by atoms with E-state index in [0.29, 0.717) is 22.1 Å². The third-order valence-electron chi connectivity index (χ3n) is 4.50. The lowest BCUT2D eigenvalue weighted by atomic mass is 10.1. The Bertz CT molecular complexity index is 1250. The lowest BCUT2D eigenvalue weighted by Crippen LogP contribution is -2.17. The third kappa shape index (κ3) is 5.43. The number of carbonyl (C=O) groups is 1. The highest BCUT2D eigenvalue weighted by atomic mass is 35.5. The maximum Gasteiger partial charge on any atom is 0.262 e. The number of phenolic OH excluding ortho intramolecular Hbond substituents is 1. The standard InChI is InChI=1S/C22H21ClN2O6S/c1-30-20-10-7-15(23)11-14(20)12-22(27)24-18-13-16(8-9-19(18)26)32(28,29)25-17-5-3-4-6-21(17)31-2/h3-11,13,25-26H,12H2,1-2H3,(H,24,27). The first kappa shape index (κ1) is 23.2. The first-order chi connectivity index (χ1) is 15.2. The molecule has 0 aliphatic rings. The number of ether oxygens (including phenoxy) is 2. The SMILES string of the molecule is COc1ccc(Cl)cc1CC(=O)Nc1cc(S(=O)(=O)Nc2ccccc2OC)ccc1O. The summed E-state index contributed by atoms with van der Waals surface area (Å²) in [6.07, 6.45) is -0.0976. The monoisotopic (exact) mass is 476 g/mol. The molecule has 0 aromatic heterocycles. The molecule has 10 heteroatoms. The Morgan fingerprint density at radius 1 is 0.969 bits per heavy atom. The molecule has 0 aliphatic heterocycles. The van der Waals surface area contributed by atoms with Gasteiger partial charge in [-0.1, -0.05) is 23.7 Å². The molecule has 0 spiro atoms. The highest BCUT2D eigenvalue weighted by molar-refractivity contribution is 7.92. The lowest BCUT2D eigenvalue weighted by Gasteiger charge is -2.14. The van der Waals surface area contributed by atoms with Gasteiger partial charge in [-0.3, -0.25) is 9.52 Å². The minimum absolute atomic E-state index is 0.0566. The first-order valence-corrected chi connectivity index (χ1v) is 11.2. The topological polar surface area (TPSA) is 114 Å². The number of amides is 1. The van der Waals surface area contributed by atoms with Crippen LogP contribution in [0.1, 0.15) is 5.56 Å². The van der Waals surface area contributed by atoms with Gasteiger partial charge in [0, 0.05) is 10.6 Å². The summed E-state index contributed by atoms with van der Waals surface area (Å²) in [5.41, 5.74) is 0.735. The quantitative estimate of drug-likeness (QED) is 0.423. The fraction of sp³-hybridized carbons (Fsp3) is 0.136. The number of sulfonamides is 1. The number of hydrogen-bond acceptors (Lipinski definition) is 6.